The van der Waals surface area contributed by atoms with Gasteiger partial charge in [-0.1, -0.05) is 36.0 Å². The SMILES string of the molecule is C=C/C=C(/CN)CC/C(C)=C/C. The van der Waals surface area contributed by atoms with E-state index in [2.05, 4.69) is 26.5 Å². The van der Waals surface area contributed by atoms with Crippen LogP contribution in [0.1, 0.15) is 26.7 Å². The summed E-state index contributed by atoms with van der Waals surface area (Å²) >= 11 is 0. The Balaban J connectivity index is 3.89. The molecule has 0 bridgehead atoms. The molecule has 0 aliphatic carbocycles. The van der Waals surface area contributed by atoms with Gasteiger partial charge in [0.15, 0.2) is 0 Å². The molecule has 68 valence electrons. The number of hydrogen-bond donors (Lipinski definition) is 1. The molecule has 0 saturated carbocycles. The molecule has 0 atom stereocenters. The fraction of sp³-hybridized carbons (Fsp3) is 0.455. The molecule has 1 heteroatoms. The maximum absolute atomic E-state index is 5.55. The summed E-state index contributed by atoms with van der Waals surface area (Å²) in [5.41, 5.74) is 8.24. The number of nitrogens with two attached hydrogens (primary N) is 1. The van der Waals surface area contributed by atoms with Crippen LogP contribution in [0.5, 0.6) is 0 Å². The average molecular weight is 165 g/mol. The quantitative estimate of drug-likeness (QED) is 0.492. The lowest BCUT2D eigenvalue weighted by Crippen LogP contribution is -2.02. The van der Waals surface area contributed by atoms with Crippen molar-refractivity contribution in [2.45, 2.75) is 26.7 Å². The van der Waals surface area contributed by atoms with E-state index in [-0.39, 0.29) is 0 Å². The second-order valence-corrected chi connectivity index (χ2v) is 2.90. The van der Waals surface area contributed by atoms with Gasteiger partial charge in [-0.15, -0.1) is 0 Å². The normalized spacial score (nSPS) is 13.2. The van der Waals surface area contributed by atoms with Gasteiger partial charge in [0.05, 0.1) is 0 Å². The number of allylic oxidation sites excluding steroid dienone is 4. The van der Waals surface area contributed by atoms with E-state index < -0.39 is 0 Å². The lowest BCUT2D eigenvalue weighted by atomic mass is 10.1. The van der Waals surface area contributed by atoms with Crippen LogP contribution in [0.4, 0.5) is 0 Å². The first-order valence-electron chi connectivity index (χ1n) is 4.37. The monoisotopic (exact) mass is 165 g/mol. The van der Waals surface area contributed by atoms with Crippen LogP contribution >= 0.6 is 0 Å². The Morgan fingerprint density at radius 2 is 2.08 bits per heavy atom. The summed E-state index contributed by atoms with van der Waals surface area (Å²) in [6.07, 6.45) is 8.10. The zero-order valence-electron chi connectivity index (χ0n) is 8.14. The fourth-order valence-corrected chi connectivity index (χ4v) is 0.922. The van der Waals surface area contributed by atoms with E-state index >= 15 is 0 Å². The van der Waals surface area contributed by atoms with E-state index in [9.17, 15) is 0 Å². The third kappa shape index (κ3) is 4.91. The Morgan fingerprint density at radius 3 is 2.50 bits per heavy atom. The van der Waals surface area contributed by atoms with Crippen LogP contribution in [0.3, 0.4) is 0 Å². The van der Waals surface area contributed by atoms with Crippen molar-refractivity contribution in [3.63, 3.8) is 0 Å². The van der Waals surface area contributed by atoms with Crippen molar-refractivity contribution in [1.82, 2.24) is 0 Å². The predicted octanol–water partition coefficient (Wildman–Crippen LogP) is 2.80. The Morgan fingerprint density at radius 1 is 1.42 bits per heavy atom. The van der Waals surface area contributed by atoms with Gasteiger partial charge in [0.25, 0.3) is 0 Å². The summed E-state index contributed by atoms with van der Waals surface area (Å²) in [7, 11) is 0. The van der Waals surface area contributed by atoms with Gasteiger partial charge in [0.1, 0.15) is 0 Å². The minimum absolute atomic E-state index is 0.642. The van der Waals surface area contributed by atoms with Crippen LogP contribution in [-0.4, -0.2) is 6.54 Å². The highest BCUT2D eigenvalue weighted by atomic mass is 14.5. The summed E-state index contributed by atoms with van der Waals surface area (Å²) in [6.45, 7) is 8.50. The first-order chi connectivity index (χ1) is 5.74. The van der Waals surface area contributed by atoms with E-state index in [4.69, 9.17) is 5.73 Å². The molecule has 0 heterocycles. The van der Waals surface area contributed by atoms with Gasteiger partial charge in [-0.2, -0.15) is 0 Å². The minimum Gasteiger partial charge on any atom is -0.327 e. The summed E-state index contributed by atoms with van der Waals surface area (Å²) in [5.74, 6) is 0. The van der Waals surface area contributed by atoms with E-state index in [1.54, 1.807) is 6.08 Å². The minimum atomic E-state index is 0.642. The molecule has 0 fully saturated rings. The van der Waals surface area contributed by atoms with Crippen LogP contribution < -0.4 is 5.73 Å². The molecule has 0 aromatic carbocycles. The molecule has 0 spiro atoms. The molecule has 1 nitrogen and oxygen atoms in total. The van der Waals surface area contributed by atoms with Gasteiger partial charge in [0, 0.05) is 6.54 Å². The first-order valence-corrected chi connectivity index (χ1v) is 4.37. The first kappa shape index (κ1) is 11.2. The zero-order chi connectivity index (χ0) is 9.40. The van der Waals surface area contributed by atoms with Crippen molar-refractivity contribution >= 4 is 0 Å². The van der Waals surface area contributed by atoms with E-state index in [1.807, 2.05) is 6.08 Å². The Hall–Kier alpha value is -0.820. The smallest absolute Gasteiger partial charge is 0.0140 e. The molecule has 0 unspecified atom stereocenters. The predicted molar refractivity (Wildman–Crippen MR) is 56.0 cm³/mol. The summed E-state index contributed by atoms with van der Waals surface area (Å²) in [5, 5.41) is 0. The van der Waals surface area contributed by atoms with Gasteiger partial charge in [-0.05, 0) is 26.7 Å². The molecular weight excluding hydrogens is 146 g/mol. The number of rotatable bonds is 5. The molecular formula is C11H19N. The molecule has 0 saturated heterocycles. The molecule has 0 aliphatic heterocycles. The molecule has 0 aromatic heterocycles. The summed E-state index contributed by atoms with van der Waals surface area (Å²) in [4.78, 5) is 0. The summed E-state index contributed by atoms with van der Waals surface area (Å²) in [6, 6.07) is 0. The van der Waals surface area contributed by atoms with E-state index in [0.29, 0.717) is 6.54 Å². The average Bonchev–Trinajstić information content (AvgIpc) is 2.11. The van der Waals surface area contributed by atoms with Crippen molar-refractivity contribution in [2.24, 2.45) is 5.73 Å². The Labute approximate surface area is 75.7 Å². The highest BCUT2D eigenvalue weighted by Crippen LogP contribution is 2.09. The van der Waals surface area contributed by atoms with Crippen LogP contribution in [0.15, 0.2) is 36.0 Å². The van der Waals surface area contributed by atoms with Gasteiger partial charge in [-0.3, -0.25) is 0 Å². The van der Waals surface area contributed by atoms with Crippen molar-refractivity contribution in [1.29, 1.82) is 0 Å². The third-order valence-electron chi connectivity index (χ3n) is 1.95. The molecule has 12 heavy (non-hydrogen) atoms. The molecule has 0 amide bonds. The van der Waals surface area contributed by atoms with E-state index in [0.717, 1.165) is 12.8 Å². The van der Waals surface area contributed by atoms with Gasteiger partial charge in [0.2, 0.25) is 0 Å². The van der Waals surface area contributed by atoms with Crippen molar-refractivity contribution in [3.8, 4) is 0 Å². The molecule has 0 aliphatic rings. The Kier molecular flexibility index (Phi) is 6.39. The molecule has 0 radical (unpaired) electrons. The van der Waals surface area contributed by atoms with Crippen LogP contribution in [-0.2, 0) is 0 Å². The van der Waals surface area contributed by atoms with Crippen LogP contribution in [0.25, 0.3) is 0 Å². The highest BCUT2D eigenvalue weighted by Gasteiger charge is 1.94. The molecule has 0 rings (SSSR count). The van der Waals surface area contributed by atoms with Gasteiger partial charge >= 0.3 is 0 Å². The largest absolute Gasteiger partial charge is 0.327 e. The van der Waals surface area contributed by atoms with E-state index in [1.165, 1.54) is 11.1 Å². The van der Waals surface area contributed by atoms with Gasteiger partial charge < -0.3 is 5.73 Å². The second kappa shape index (κ2) is 6.86. The second-order valence-electron chi connectivity index (χ2n) is 2.90. The molecule has 0 aromatic rings. The standard InChI is InChI=1S/C11H19N/c1-4-6-11(9-12)8-7-10(3)5-2/h4-6H,1,7-9,12H2,2-3H3/b10-5+,11-6+. The number of hydrogen-bond acceptors (Lipinski definition) is 1. The van der Waals surface area contributed by atoms with Crippen molar-refractivity contribution in [2.75, 3.05) is 6.54 Å². The molecule has 2 N–H and O–H groups in total. The van der Waals surface area contributed by atoms with Crippen LogP contribution in [0, 0.1) is 0 Å². The zero-order valence-corrected chi connectivity index (χ0v) is 8.14. The van der Waals surface area contributed by atoms with Crippen LogP contribution in [0.2, 0.25) is 0 Å². The fourth-order valence-electron chi connectivity index (χ4n) is 0.922. The van der Waals surface area contributed by atoms with Gasteiger partial charge in [-0.25, -0.2) is 0 Å². The lowest BCUT2D eigenvalue weighted by molar-refractivity contribution is 0.889. The van der Waals surface area contributed by atoms with Crippen molar-refractivity contribution < 1.29 is 0 Å². The lowest BCUT2D eigenvalue weighted by Gasteiger charge is -2.03. The Bertz CT molecular complexity index is 187. The highest BCUT2D eigenvalue weighted by molar-refractivity contribution is 5.13. The maximum atomic E-state index is 5.55. The summed E-state index contributed by atoms with van der Waals surface area (Å²) < 4.78 is 0. The van der Waals surface area contributed by atoms with Crippen molar-refractivity contribution in [3.05, 3.63) is 36.0 Å². The third-order valence-corrected chi connectivity index (χ3v) is 1.95. The topological polar surface area (TPSA) is 26.0 Å². The maximum Gasteiger partial charge on any atom is 0.0140 e.